The summed E-state index contributed by atoms with van der Waals surface area (Å²) in [6.45, 7) is 2.15. The zero-order valence-electron chi connectivity index (χ0n) is 12.0. The summed E-state index contributed by atoms with van der Waals surface area (Å²) < 4.78 is 13.9. The standard InChI is InChI=1S/C18H18FNO/c1-13-7-9-15(10-8-13)18(21)20-12-16(19)11-17(20)14-5-3-2-4-6-14/h2-10,16-17H,11-12H2,1H3. The van der Waals surface area contributed by atoms with Crippen molar-refractivity contribution in [1.82, 2.24) is 4.90 Å². The SMILES string of the molecule is Cc1ccc(C(=O)N2CC(F)CC2c2ccccc2)cc1. The van der Waals surface area contributed by atoms with Crippen LogP contribution >= 0.6 is 0 Å². The first-order chi connectivity index (χ1) is 10.1. The van der Waals surface area contributed by atoms with E-state index < -0.39 is 6.17 Å². The molecule has 3 rings (SSSR count). The van der Waals surface area contributed by atoms with E-state index >= 15 is 0 Å². The molecule has 1 aliphatic rings. The van der Waals surface area contributed by atoms with Crippen LogP contribution in [0, 0.1) is 6.92 Å². The smallest absolute Gasteiger partial charge is 0.254 e. The van der Waals surface area contributed by atoms with Gasteiger partial charge in [-0.05, 0) is 24.6 Å². The molecule has 2 nitrogen and oxygen atoms in total. The van der Waals surface area contributed by atoms with E-state index in [4.69, 9.17) is 0 Å². The van der Waals surface area contributed by atoms with Crippen molar-refractivity contribution in [2.24, 2.45) is 0 Å². The van der Waals surface area contributed by atoms with E-state index in [-0.39, 0.29) is 18.5 Å². The van der Waals surface area contributed by atoms with Gasteiger partial charge >= 0.3 is 0 Å². The highest BCUT2D eigenvalue weighted by Crippen LogP contribution is 2.34. The third kappa shape index (κ3) is 2.82. The normalized spacial score (nSPS) is 21.5. The Morgan fingerprint density at radius 1 is 1.10 bits per heavy atom. The number of alkyl halides is 1. The van der Waals surface area contributed by atoms with Crippen molar-refractivity contribution >= 4 is 5.91 Å². The summed E-state index contributed by atoms with van der Waals surface area (Å²) in [6, 6.07) is 17.0. The van der Waals surface area contributed by atoms with Crippen molar-refractivity contribution in [2.45, 2.75) is 25.6 Å². The highest BCUT2D eigenvalue weighted by atomic mass is 19.1. The predicted octanol–water partition coefficient (Wildman–Crippen LogP) is 3.92. The molecule has 2 aromatic carbocycles. The average Bonchev–Trinajstić information content (AvgIpc) is 2.90. The number of aryl methyl sites for hydroxylation is 1. The number of hydrogen-bond acceptors (Lipinski definition) is 1. The highest BCUT2D eigenvalue weighted by Gasteiger charge is 2.36. The van der Waals surface area contributed by atoms with Gasteiger partial charge in [0.2, 0.25) is 0 Å². The van der Waals surface area contributed by atoms with Crippen LogP contribution in [0.5, 0.6) is 0 Å². The molecule has 0 bridgehead atoms. The average molecular weight is 283 g/mol. The van der Waals surface area contributed by atoms with E-state index in [9.17, 15) is 9.18 Å². The number of hydrogen-bond donors (Lipinski definition) is 0. The predicted molar refractivity (Wildman–Crippen MR) is 80.9 cm³/mol. The minimum atomic E-state index is -0.954. The Bertz CT molecular complexity index is 623. The number of likely N-dealkylation sites (tertiary alicyclic amines) is 1. The molecule has 2 atom stereocenters. The molecular weight excluding hydrogens is 265 g/mol. The van der Waals surface area contributed by atoms with Gasteiger partial charge in [-0.2, -0.15) is 0 Å². The molecule has 3 heteroatoms. The number of benzene rings is 2. The fourth-order valence-electron chi connectivity index (χ4n) is 2.86. The van der Waals surface area contributed by atoms with Gasteiger partial charge in [-0.25, -0.2) is 4.39 Å². The highest BCUT2D eigenvalue weighted by molar-refractivity contribution is 5.94. The number of carbonyl (C=O) groups is 1. The maximum Gasteiger partial charge on any atom is 0.254 e. The molecule has 1 aliphatic heterocycles. The summed E-state index contributed by atoms with van der Waals surface area (Å²) in [5.41, 5.74) is 2.73. The topological polar surface area (TPSA) is 20.3 Å². The quantitative estimate of drug-likeness (QED) is 0.818. The Balaban J connectivity index is 1.88. The molecule has 21 heavy (non-hydrogen) atoms. The second-order valence-corrected chi connectivity index (χ2v) is 5.58. The Hall–Kier alpha value is -2.16. The molecular formula is C18H18FNO. The Morgan fingerprint density at radius 3 is 2.43 bits per heavy atom. The van der Waals surface area contributed by atoms with Crippen LogP contribution in [0.2, 0.25) is 0 Å². The molecule has 0 aromatic heterocycles. The van der Waals surface area contributed by atoms with Crippen molar-refractivity contribution in [3.63, 3.8) is 0 Å². The van der Waals surface area contributed by atoms with Crippen LogP contribution < -0.4 is 0 Å². The number of halogens is 1. The molecule has 1 heterocycles. The number of amides is 1. The van der Waals surface area contributed by atoms with Crippen molar-refractivity contribution in [2.75, 3.05) is 6.54 Å². The maximum absolute atomic E-state index is 13.9. The minimum Gasteiger partial charge on any atom is -0.329 e. The summed E-state index contributed by atoms with van der Waals surface area (Å²) in [5, 5.41) is 0. The van der Waals surface area contributed by atoms with Gasteiger partial charge in [0.25, 0.3) is 5.91 Å². The van der Waals surface area contributed by atoms with E-state index in [1.54, 1.807) is 4.90 Å². The third-order valence-corrected chi connectivity index (χ3v) is 3.99. The fourth-order valence-corrected chi connectivity index (χ4v) is 2.86. The largest absolute Gasteiger partial charge is 0.329 e. The molecule has 0 aliphatic carbocycles. The zero-order chi connectivity index (χ0) is 14.8. The molecule has 1 saturated heterocycles. The van der Waals surface area contributed by atoms with Crippen molar-refractivity contribution in [3.05, 3.63) is 71.3 Å². The van der Waals surface area contributed by atoms with E-state index in [0.29, 0.717) is 12.0 Å². The van der Waals surface area contributed by atoms with Gasteiger partial charge in [-0.15, -0.1) is 0 Å². The van der Waals surface area contributed by atoms with Crippen LogP contribution in [0.25, 0.3) is 0 Å². The summed E-state index contributed by atoms with van der Waals surface area (Å²) in [4.78, 5) is 14.3. The van der Waals surface area contributed by atoms with Gasteiger partial charge in [0, 0.05) is 12.0 Å². The van der Waals surface area contributed by atoms with Crippen LogP contribution in [-0.2, 0) is 0 Å². The summed E-state index contributed by atoms with van der Waals surface area (Å²) in [6.07, 6.45) is -0.577. The first kappa shape index (κ1) is 13.8. The fraction of sp³-hybridized carbons (Fsp3) is 0.278. The first-order valence-electron chi connectivity index (χ1n) is 7.22. The molecule has 2 aromatic rings. The Kier molecular flexibility index (Phi) is 3.74. The van der Waals surface area contributed by atoms with E-state index in [1.807, 2.05) is 61.5 Å². The molecule has 2 unspecified atom stereocenters. The molecule has 0 saturated carbocycles. The van der Waals surface area contributed by atoms with Crippen LogP contribution in [0.15, 0.2) is 54.6 Å². The molecule has 0 radical (unpaired) electrons. The lowest BCUT2D eigenvalue weighted by Crippen LogP contribution is -2.31. The summed E-state index contributed by atoms with van der Waals surface area (Å²) in [7, 11) is 0. The van der Waals surface area contributed by atoms with Gasteiger partial charge in [-0.3, -0.25) is 4.79 Å². The monoisotopic (exact) mass is 283 g/mol. The van der Waals surface area contributed by atoms with Gasteiger partial charge < -0.3 is 4.90 Å². The van der Waals surface area contributed by atoms with E-state index in [0.717, 1.165) is 11.1 Å². The van der Waals surface area contributed by atoms with Crippen molar-refractivity contribution < 1.29 is 9.18 Å². The number of nitrogens with zero attached hydrogens (tertiary/aromatic N) is 1. The lowest BCUT2D eigenvalue weighted by atomic mass is 10.0. The van der Waals surface area contributed by atoms with Crippen molar-refractivity contribution in [1.29, 1.82) is 0 Å². The second-order valence-electron chi connectivity index (χ2n) is 5.58. The van der Waals surface area contributed by atoms with Gasteiger partial charge in [0.15, 0.2) is 0 Å². The molecule has 0 N–H and O–H groups in total. The van der Waals surface area contributed by atoms with E-state index in [1.165, 1.54) is 0 Å². The van der Waals surface area contributed by atoms with Gasteiger partial charge in [-0.1, -0.05) is 48.0 Å². The molecule has 108 valence electrons. The molecule has 0 spiro atoms. The Morgan fingerprint density at radius 2 is 1.76 bits per heavy atom. The van der Waals surface area contributed by atoms with Crippen LogP contribution in [0.1, 0.15) is 33.9 Å². The van der Waals surface area contributed by atoms with Crippen LogP contribution in [-0.4, -0.2) is 23.5 Å². The summed E-state index contributed by atoms with van der Waals surface area (Å²) >= 11 is 0. The molecule has 1 fully saturated rings. The Labute approximate surface area is 124 Å². The van der Waals surface area contributed by atoms with Crippen LogP contribution in [0.3, 0.4) is 0 Å². The van der Waals surface area contributed by atoms with Gasteiger partial charge in [0.1, 0.15) is 6.17 Å². The lowest BCUT2D eigenvalue weighted by Gasteiger charge is -2.24. The summed E-state index contributed by atoms with van der Waals surface area (Å²) in [5.74, 6) is -0.0935. The maximum atomic E-state index is 13.9. The zero-order valence-corrected chi connectivity index (χ0v) is 12.0. The number of carbonyl (C=O) groups excluding carboxylic acids is 1. The third-order valence-electron chi connectivity index (χ3n) is 3.99. The van der Waals surface area contributed by atoms with Crippen molar-refractivity contribution in [3.8, 4) is 0 Å². The first-order valence-corrected chi connectivity index (χ1v) is 7.22. The molecule has 1 amide bonds. The minimum absolute atomic E-state index is 0.0935. The number of rotatable bonds is 2. The lowest BCUT2D eigenvalue weighted by molar-refractivity contribution is 0.0728. The van der Waals surface area contributed by atoms with Gasteiger partial charge in [0.05, 0.1) is 12.6 Å². The van der Waals surface area contributed by atoms with Crippen LogP contribution in [0.4, 0.5) is 4.39 Å². The second kappa shape index (κ2) is 5.68. The van der Waals surface area contributed by atoms with E-state index in [2.05, 4.69) is 0 Å².